The van der Waals surface area contributed by atoms with Crippen LogP contribution in [0.2, 0.25) is 15.1 Å². The van der Waals surface area contributed by atoms with Crippen molar-refractivity contribution in [1.29, 1.82) is 0 Å². The molecule has 0 atom stereocenters. The lowest BCUT2D eigenvalue weighted by Crippen LogP contribution is -2.00. The highest BCUT2D eigenvalue weighted by atomic mass is 35.5. The van der Waals surface area contributed by atoms with Crippen molar-refractivity contribution >= 4 is 52.3 Å². The summed E-state index contributed by atoms with van der Waals surface area (Å²) in [4.78, 5) is 7.97. The number of nitrogen functional groups attached to an aromatic ring is 1. The molecule has 7 heteroatoms. The molecule has 1 aromatic heterocycles. The fraction of sp³-hybridized carbons (Fsp3) is 0. The average molecular weight is 290 g/mol. The third-order valence-electron chi connectivity index (χ3n) is 1.93. The molecule has 0 spiro atoms. The molecule has 0 bridgehead atoms. The summed E-state index contributed by atoms with van der Waals surface area (Å²) in [5.74, 6) is 0.698. The van der Waals surface area contributed by atoms with Gasteiger partial charge in [-0.1, -0.05) is 34.8 Å². The number of nitrogens with zero attached hydrogens (tertiary/aromatic N) is 2. The van der Waals surface area contributed by atoms with Crippen molar-refractivity contribution in [2.75, 3.05) is 11.1 Å². The number of hydrogen-bond acceptors (Lipinski definition) is 4. The lowest BCUT2D eigenvalue weighted by molar-refractivity contribution is 1.17. The Hall–Kier alpha value is -1.23. The van der Waals surface area contributed by atoms with Gasteiger partial charge in [-0.05, 0) is 18.2 Å². The van der Waals surface area contributed by atoms with Crippen LogP contribution in [0.3, 0.4) is 0 Å². The monoisotopic (exact) mass is 288 g/mol. The third-order valence-corrected chi connectivity index (χ3v) is 2.97. The molecule has 0 radical (unpaired) electrons. The minimum Gasteiger partial charge on any atom is -0.384 e. The quantitative estimate of drug-likeness (QED) is 0.826. The normalized spacial score (nSPS) is 10.3. The van der Waals surface area contributed by atoms with Crippen LogP contribution >= 0.6 is 34.8 Å². The zero-order valence-electron chi connectivity index (χ0n) is 8.42. The van der Waals surface area contributed by atoms with E-state index >= 15 is 0 Å². The van der Waals surface area contributed by atoms with Gasteiger partial charge in [-0.15, -0.1) is 0 Å². The zero-order valence-corrected chi connectivity index (χ0v) is 10.7. The maximum Gasteiger partial charge on any atom is 0.229 e. The number of halogens is 3. The summed E-state index contributed by atoms with van der Waals surface area (Å²) >= 11 is 17.7. The maximum atomic E-state index is 6.00. The summed E-state index contributed by atoms with van der Waals surface area (Å²) < 4.78 is 0. The van der Waals surface area contributed by atoms with Crippen molar-refractivity contribution in [3.8, 4) is 0 Å². The largest absolute Gasteiger partial charge is 0.384 e. The Labute approximate surface area is 113 Å². The Kier molecular flexibility index (Phi) is 3.57. The van der Waals surface area contributed by atoms with Gasteiger partial charge in [0.15, 0.2) is 0 Å². The first-order valence-electron chi connectivity index (χ1n) is 4.56. The van der Waals surface area contributed by atoms with E-state index in [4.69, 9.17) is 40.5 Å². The molecule has 0 aliphatic carbocycles. The van der Waals surface area contributed by atoms with Gasteiger partial charge in [0.1, 0.15) is 5.82 Å². The van der Waals surface area contributed by atoms with Gasteiger partial charge in [-0.3, -0.25) is 0 Å². The van der Waals surface area contributed by atoms with Crippen LogP contribution in [0, 0.1) is 0 Å². The van der Waals surface area contributed by atoms with Gasteiger partial charge in [0.2, 0.25) is 5.95 Å². The number of aromatic nitrogens is 2. The van der Waals surface area contributed by atoms with Crippen molar-refractivity contribution in [3.05, 3.63) is 39.5 Å². The lowest BCUT2D eigenvalue weighted by atomic mass is 10.3. The highest BCUT2D eigenvalue weighted by Crippen LogP contribution is 2.33. The highest BCUT2D eigenvalue weighted by Gasteiger charge is 2.07. The van der Waals surface area contributed by atoms with Gasteiger partial charge in [0.25, 0.3) is 0 Å². The molecule has 0 aliphatic rings. The molecule has 2 rings (SSSR count). The molecule has 0 saturated heterocycles. The predicted molar refractivity (Wildman–Crippen MR) is 71.2 cm³/mol. The molecule has 2 aromatic rings. The van der Waals surface area contributed by atoms with Gasteiger partial charge < -0.3 is 11.1 Å². The van der Waals surface area contributed by atoms with Crippen LogP contribution in [0.15, 0.2) is 24.4 Å². The number of hydrogen-bond donors (Lipinski definition) is 2. The van der Waals surface area contributed by atoms with Crippen LogP contribution in [-0.4, -0.2) is 9.97 Å². The Morgan fingerprint density at radius 3 is 2.47 bits per heavy atom. The predicted octanol–water partition coefficient (Wildman–Crippen LogP) is 3.76. The second-order valence-corrected chi connectivity index (χ2v) is 4.40. The van der Waals surface area contributed by atoms with E-state index in [1.165, 1.54) is 6.20 Å². The van der Waals surface area contributed by atoms with Crippen LogP contribution in [0.1, 0.15) is 0 Å². The van der Waals surface area contributed by atoms with E-state index in [2.05, 4.69) is 15.3 Å². The van der Waals surface area contributed by atoms with Gasteiger partial charge in [0, 0.05) is 6.20 Å². The van der Waals surface area contributed by atoms with Crippen LogP contribution in [0.25, 0.3) is 0 Å². The molecule has 1 heterocycles. The first-order chi connectivity index (χ1) is 8.06. The summed E-state index contributed by atoms with van der Waals surface area (Å²) in [6.07, 6.45) is 1.54. The molecule has 1 aromatic carbocycles. The maximum absolute atomic E-state index is 6.00. The van der Waals surface area contributed by atoms with Gasteiger partial charge in [-0.25, -0.2) is 4.98 Å². The Bertz CT molecular complexity index is 559. The van der Waals surface area contributed by atoms with Crippen molar-refractivity contribution in [1.82, 2.24) is 9.97 Å². The molecule has 88 valence electrons. The van der Waals surface area contributed by atoms with Gasteiger partial charge in [-0.2, -0.15) is 4.98 Å². The summed E-state index contributed by atoms with van der Waals surface area (Å²) in [6.45, 7) is 0. The molecular formula is C10H7Cl3N4. The number of rotatable bonds is 2. The zero-order chi connectivity index (χ0) is 12.4. The fourth-order valence-corrected chi connectivity index (χ4v) is 1.77. The average Bonchev–Trinajstić information content (AvgIpc) is 2.26. The summed E-state index contributed by atoms with van der Waals surface area (Å²) in [5, 5.41) is 4.10. The Morgan fingerprint density at radius 2 is 1.76 bits per heavy atom. The lowest BCUT2D eigenvalue weighted by Gasteiger charge is -2.08. The van der Waals surface area contributed by atoms with E-state index < -0.39 is 0 Å². The summed E-state index contributed by atoms with van der Waals surface area (Å²) in [6, 6.07) is 4.72. The van der Waals surface area contributed by atoms with E-state index in [1.54, 1.807) is 18.2 Å². The van der Waals surface area contributed by atoms with E-state index in [9.17, 15) is 0 Å². The standard InChI is InChI=1S/C10H7Cl3N4/c11-5-3-7(13)8(4-6(5)12)16-10-15-2-1-9(14)17-10/h1-4H,(H3,14,15,16,17). The molecular weight excluding hydrogens is 282 g/mol. The van der Waals surface area contributed by atoms with Crippen molar-refractivity contribution < 1.29 is 0 Å². The molecule has 0 fully saturated rings. The molecule has 0 unspecified atom stereocenters. The van der Waals surface area contributed by atoms with E-state index in [0.29, 0.717) is 32.5 Å². The number of anilines is 3. The smallest absolute Gasteiger partial charge is 0.229 e. The van der Waals surface area contributed by atoms with Crippen LogP contribution < -0.4 is 11.1 Å². The topological polar surface area (TPSA) is 63.8 Å². The molecule has 3 N–H and O–H groups in total. The number of nitrogens with two attached hydrogens (primary N) is 1. The van der Waals surface area contributed by atoms with Crippen molar-refractivity contribution in [2.45, 2.75) is 0 Å². The Balaban J connectivity index is 2.33. The first kappa shape index (κ1) is 12.2. The Morgan fingerprint density at radius 1 is 1.06 bits per heavy atom. The van der Waals surface area contributed by atoms with Crippen molar-refractivity contribution in [3.63, 3.8) is 0 Å². The molecule has 0 saturated carbocycles. The SMILES string of the molecule is Nc1ccnc(Nc2cc(Cl)c(Cl)cc2Cl)n1. The van der Waals surface area contributed by atoms with E-state index in [0.717, 1.165) is 0 Å². The second kappa shape index (κ2) is 4.96. The second-order valence-electron chi connectivity index (χ2n) is 3.18. The molecule has 17 heavy (non-hydrogen) atoms. The van der Waals surface area contributed by atoms with Crippen LogP contribution in [0.4, 0.5) is 17.5 Å². The van der Waals surface area contributed by atoms with E-state index in [-0.39, 0.29) is 0 Å². The highest BCUT2D eigenvalue weighted by molar-refractivity contribution is 6.44. The van der Waals surface area contributed by atoms with Crippen molar-refractivity contribution in [2.24, 2.45) is 0 Å². The number of benzene rings is 1. The minimum absolute atomic E-state index is 0.338. The summed E-state index contributed by atoms with van der Waals surface area (Å²) in [7, 11) is 0. The molecule has 4 nitrogen and oxygen atoms in total. The van der Waals surface area contributed by atoms with E-state index in [1.807, 2.05) is 0 Å². The first-order valence-corrected chi connectivity index (χ1v) is 5.70. The van der Waals surface area contributed by atoms with Gasteiger partial charge in [0.05, 0.1) is 20.8 Å². The minimum atomic E-state index is 0.338. The fourth-order valence-electron chi connectivity index (χ4n) is 1.17. The number of nitrogens with one attached hydrogen (secondary N) is 1. The van der Waals surface area contributed by atoms with Crippen LogP contribution in [-0.2, 0) is 0 Å². The summed E-state index contributed by atoms with van der Waals surface area (Å²) in [5.41, 5.74) is 6.09. The molecule has 0 aliphatic heterocycles. The third kappa shape index (κ3) is 2.91. The van der Waals surface area contributed by atoms with Crippen LogP contribution in [0.5, 0.6) is 0 Å². The van der Waals surface area contributed by atoms with Gasteiger partial charge >= 0.3 is 0 Å². The molecule has 0 amide bonds.